The van der Waals surface area contributed by atoms with Crippen LogP contribution < -0.4 is 10.6 Å². The van der Waals surface area contributed by atoms with Gasteiger partial charge in [0.15, 0.2) is 0 Å². The van der Waals surface area contributed by atoms with Crippen molar-refractivity contribution in [3.63, 3.8) is 0 Å². The van der Waals surface area contributed by atoms with E-state index in [1.54, 1.807) is 6.92 Å². The topological polar surface area (TPSA) is 78.5 Å². The van der Waals surface area contributed by atoms with Crippen molar-refractivity contribution in [3.05, 3.63) is 0 Å². The van der Waals surface area contributed by atoms with Gasteiger partial charge in [0, 0.05) is 6.04 Å². The Hall–Kier alpha value is -1.59. The Morgan fingerprint density at radius 3 is 2.65 bits per heavy atom. The fraction of sp³-hybridized carbons (Fsp3) is 0.824. The van der Waals surface area contributed by atoms with Crippen molar-refractivity contribution in [2.75, 3.05) is 6.54 Å². The Morgan fingerprint density at radius 1 is 1.35 bits per heavy atom. The molecule has 130 valence electrons. The SMILES string of the molecule is CCCCCCC(C)NC(=O)CN1C(=O)NC(C)(C2CC2)C1=O. The number of unbranched alkanes of at least 4 members (excludes halogenated alkanes) is 3. The molecule has 0 aromatic rings. The van der Waals surface area contributed by atoms with Crippen molar-refractivity contribution >= 4 is 17.8 Å². The smallest absolute Gasteiger partial charge is 0.325 e. The van der Waals surface area contributed by atoms with Gasteiger partial charge < -0.3 is 10.6 Å². The summed E-state index contributed by atoms with van der Waals surface area (Å²) in [6.45, 7) is 5.70. The zero-order chi connectivity index (χ0) is 17.0. The summed E-state index contributed by atoms with van der Waals surface area (Å²) in [6, 6.07) is -0.384. The van der Waals surface area contributed by atoms with Crippen molar-refractivity contribution in [3.8, 4) is 0 Å². The van der Waals surface area contributed by atoms with Crippen molar-refractivity contribution in [2.45, 2.75) is 77.3 Å². The normalized spacial score (nSPS) is 25.4. The summed E-state index contributed by atoms with van der Waals surface area (Å²) >= 11 is 0. The molecule has 2 aliphatic rings. The van der Waals surface area contributed by atoms with E-state index in [9.17, 15) is 14.4 Å². The molecule has 0 spiro atoms. The molecule has 2 rings (SSSR count). The standard InChI is InChI=1S/C17H29N3O3/c1-4-5-6-7-8-12(2)18-14(21)11-20-15(22)17(3,13-9-10-13)19-16(20)23/h12-13H,4-11H2,1-3H3,(H,18,21)(H,19,23). The molecule has 2 fully saturated rings. The number of imide groups is 1. The summed E-state index contributed by atoms with van der Waals surface area (Å²) in [5.41, 5.74) is -0.816. The van der Waals surface area contributed by atoms with Crippen LogP contribution in [0.3, 0.4) is 0 Å². The average Bonchev–Trinajstić information content (AvgIpc) is 3.30. The highest BCUT2D eigenvalue weighted by molar-refractivity contribution is 6.09. The zero-order valence-corrected chi connectivity index (χ0v) is 14.5. The monoisotopic (exact) mass is 323 g/mol. The van der Waals surface area contributed by atoms with Crippen LogP contribution in [0.2, 0.25) is 0 Å². The van der Waals surface area contributed by atoms with E-state index in [-0.39, 0.29) is 30.3 Å². The lowest BCUT2D eigenvalue weighted by Crippen LogP contribution is -2.47. The third kappa shape index (κ3) is 4.24. The van der Waals surface area contributed by atoms with E-state index >= 15 is 0 Å². The Morgan fingerprint density at radius 2 is 2.04 bits per heavy atom. The minimum absolute atomic E-state index is 0.0648. The predicted molar refractivity (Wildman–Crippen MR) is 87.7 cm³/mol. The minimum Gasteiger partial charge on any atom is -0.352 e. The summed E-state index contributed by atoms with van der Waals surface area (Å²) in [4.78, 5) is 37.6. The Kier molecular flexibility index (Phi) is 5.65. The number of rotatable bonds is 9. The molecule has 23 heavy (non-hydrogen) atoms. The molecule has 6 nitrogen and oxygen atoms in total. The number of urea groups is 1. The molecule has 1 heterocycles. The molecule has 1 aliphatic heterocycles. The lowest BCUT2D eigenvalue weighted by Gasteiger charge is -2.21. The Bertz CT molecular complexity index is 476. The van der Waals surface area contributed by atoms with E-state index in [1.807, 2.05) is 6.92 Å². The van der Waals surface area contributed by atoms with Gasteiger partial charge in [-0.25, -0.2) is 4.79 Å². The molecular weight excluding hydrogens is 294 g/mol. The minimum atomic E-state index is -0.816. The van der Waals surface area contributed by atoms with Crippen LogP contribution in [0.5, 0.6) is 0 Å². The largest absolute Gasteiger partial charge is 0.352 e. The molecule has 6 heteroatoms. The Labute approximate surface area is 138 Å². The molecule has 2 atom stereocenters. The molecule has 1 saturated carbocycles. The highest BCUT2D eigenvalue weighted by Gasteiger charge is 2.56. The molecule has 1 saturated heterocycles. The first-order valence-electron chi connectivity index (χ1n) is 8.82. The third-order valence-electron chi connectivity index (χ3n) is 4.89. The molecule has 0 bridgehead atoms. The van der Waals surface area contributed by atoms with E-state index in [0.29, 0.717) is 0 Å². The number of carbonyl (C=O) groups is 3. The fourth-order valence-electron chi connectivity index (χ4n) is 3.21. The van der Waals surface area contributed by atoms with Crippen LogP contribution in [0.15, 0.2) is 0 Å². The van der Waals surface area contributed by atoms with E-state index in [2.05, 4.69) is 17.6 Å². The van der Waals surface area contributed by atoms with Gasteiger partial charge in [-0.05, 0) is 39.0 Å². The van der Waals surface area contributed by atoms with Crippen LogP contribution in [0.25, 0.3) is 0 Å². The van der Waals surface area contributed by atoms with Gasteiger partial charge in [0.05, 0.1) is 0 Å². The van der Waals surface area contributed by atoms with Crippen LogP contribution in [0.4, 0.5) is 4.79 Å². The first-order chi connectivity index (χ1) is 10.9. The van der Waals surface area contributed by atoms with Crippen LogP contribution in [-0.2, 0) is 9.59 Å². The Balaban J connectivity index is 1.78. The third-order valence-corrected chi connectivity index (χ3v) is 4.89. The molecule has 0 aromatic heterocycles. The first kappa shape index (κ1) is 17.8. The summed E-state index contributed by atoms with van der Waals surface area (Å²) in [7, 11) is 0. The van der Waals surface area contributed by atoms with E-state index in [4.69, 9.17) is 0 Å². The first-order valence-corrected chi connectivity index (χ1v) is 8.82. The van der Waals surface area contributed by atoms with Crippen LogP contribution in [-0.4, -0.2) is 40.9 Å². The zero-order valence-electron chi connectivity index (χ0n) is 14.5. The maximum atomic E-state index is 12.4. The van der Waals surface area contributed by atoms with Crippen LogP contribution in [0.1, 0.15) is 65.7 Å². The molecular formula is C17H29N3O3. The number of amides is 4. The second-order valence-corrected chi connectivity index (χ2v) is 7.12. The average molecular weight is 323 g/mol. The van der Waals surface area contributed by atoms with Gasteiger partial charge in [-0.1, -0.05) is 32.6 Å². The van der Waals surface area contributed by atoms with Gasteiger partial charge in [0.1, 0.15) is 12.1 Å². The maximum absolute atomic E-state index is 12.4. The molecule has 0 radical (unpaired) electrons. The van der Waals surface area contributed by atoms with Crippen LogP contribution >= 0.6 is 0 Å². The van der Waals surface area contributed by atoms with Crippen LogP contribution in [0, 0.1) is 5.92 Å². The van der Waals surface area contributed by atoms with E-state index in [1.165, 1.54) is 19.3 Å². The number of carbonyl (C=O) groups excluding carboxylic acids is 3. The number of hydrogen-bond donors (Lipinski definition) is 2. The van der Waals surface area contributed by atoms with E-state index in [0.717, 1.165) is 30.6 Å². The second kappa shape index (κ2) is 7.32. The summed E-state index contributed by atoms with van der Waals surface area (Å²) in [6.07, 6.45) is 7.48. The summed E-state index contributed by atoms with van der Waals surface area (Å²) in [5.74, 6) is -0.322. The maximum Gasteiger partial charge on any atom is 0.325 e. The van der Waals surface area contributed by atoms with Gasteiger partial charge in [-0.3, -0.25) is 14.5 Å². The highest BCUT2D eigenvalue weighted by atomic mass is 16.2. The number of hydrogen-bond acceptors (Lipinski definition) is 3. The summed E-state index contributed by atoms with van der Waals surface area (Å²) in [5, 5.41) is 5.64. The molecule has 1 aliphatic carbocycles. The van der Waals surface area contributed by atoms with Crippen molar-refractivity contribution in [1.29, 1.82) is 0 Å². The number of nitrogens with one attached hydrogen (secondary N) is 2. The molecule has 2 unspecified atom stereocenters. The summed E-state index contributed by atoms with van der Waals surface area (Å²) < 4.78 is 0. The van der Waals surface area contributed by atoms with Gasteiger partial charge in [-0.15, -0.1) is 0 Å². The number of nitrogens with zero attached hydrogens (tertiary/aromatic N) is 1. The quantitative estimate of drug-likeness (QED) is 0.504. The van der Waals surface area contributed by atoms with Gasteiger partial charge in [-0.2, -0.15) is 0 Å². The fourth-order valence-corrected chi connectivity index (χ4v) is 3.21. The van der Waals surface area contributed by atoms with Gasteiger partial charge in [0.2, 0.25) is 5.91 Å². The van der Waals surface area contributed by atoms with Gasteiger partial charge >= 0.3 is 6.03 Å². The second-order valence-electron chi connectivity index (χ2n) is 7.12. The highest BCUT2D eigenvalue weighted by Crippen LogP contribution is 2.42. The van der Waals surface area contributed by atoms with E-state index < -0.39 is 11.6 Å². The van der Waals surface area contributed by atoms with Gasteiger partial charge in [0.25, 0.3) is 5.91 Å². The lowest BCUT2D eigenvalue weighted by atomic mass is 9.96. The van der Waals surface area contributed by atoms with Crippen molar-refractivity contribution < 1.29 is 14.4 Å². The lowest BCUT2D eigenvalue weighted by molar-refractivity contribution is -0.135. The molecule has 0 aromatic carbocycles. The van der Waals surface area contributed by atoms with Crippen molar-refractivity contribution in [1.82, 2.24) is 15.5 Å². The molecule has 2 N–H and O–H groups in total. The molecule has 4 amide bonds. The predicted octanol–water partition coefficient (Wildman–Crippen LogP) is 2.18. The van der Waals surface area contributed by atoms with Crippen molar-refractivity contribution in [2.24, 2.45) is 5.92 Å².